The number of allylic oxidation sites excluding steroid dienone is 6. The molecule has 2 unspecified atom stereocenters. The number of quaternary nitrogens is 1. The molecule has 0 fully saturated rings. The quantitative estimate of drug-likeness (QED) is 0.0465. The van der Waals surface area contributed by atoms with E-state index in [9.17, 15) is 5.11 Å². The molecule has 0 rings (SSSR count). The Morgan fingerprint density at radius 3 is 1.98 bits per heavy atom. The van der Waals surface area contributed by atoms with Crippen molar-refractivity contribution in [3.8, 4) is 0 Å². The third kappa shape index (κ3) is 25.6. The van der Waals surface area contributed by atoms with Gasteiger partial charge in [-0.3, -0.25) is 0 Å². The van der Waals surface area contributed by atoms with Gasteiger partial charge in [-0.1, -0.05) is 115 Å². The Bertz CT molecular complexity index is 632. The molecular weight excluding hydrogens is 512 g/mol. The highest BCUT2D eigenvalue weighted by Gasteiger charge is 2.19. The van der Waals surface area contributed by atoms with E-state index < -0.39 is 0 Å². The molecule has 2 atom stereocenters. The molecule has 0 aliphatic rings. The van der Waals surface area contributed by atoms with E-state index in [2.05, 4.69) is 70.4 Å². The predicted octanol–water partition coefficient (Wildman–Crippen LogP) is 10.9. The Morgan fingerprint density at radius 1 is 0.619 bits per heavy atom. The second kappa shape index (κ2) is 31.5. The molecule has 0 saturated carbocycles. The van der Waals surface area contributed by atoms with Crippen LogP contribution in [0.4, 0.5) is 0 Å². The number of rotatable bonds is 32. The second-order valence-electron chi connectivity index (χ2n) is 13.1. The van der Waals surface area contributed by atoms with Gasteiger partial charge in [0, 0.05) is 0 Å². The Hall–Kier alpha value is -0.900. The number of hydrogen-bond donors (Lipinski definition) is 2. The molecule has 2 N–H and O–H groups in total. The summed E-state index contributed by atoms with van der Waals surface area (Å²) >= 11 is 0. The summed E-state index contributed by atoms with van der Waals surface area (Å²) in [6, 6.07) is 0. The van der Waals surface area contributed by atoms with Crippen molar-refractivity contribution in [3.63, 3.8) is 0 Å². The summed E-state index contributed by atoms with van der Waals surface area (Å²) in [7, 11) is 2.33. The van der Waals surface area contributed by atoms with E-state index >= 15 is 0 Å². The van der Waals surface area contributed by atoms with Crippen LogP contribution < -0.4 is 5.32 Å². The largest absolute Gasteiger partial charge is 0.391 e. The van der Waals surface area contributed by atoms with Gasteiger partial charge in [0.2, 0.25) is 0 Å². The molecule has 0 aliphatic heterocycles. The van der Waals surface area contributed by atoms with Gasteiger partial charge in [0.25, 0.3) is 0 Å². The number of nitrogens with zero attached hydrogens (tertiary/aromatic N) is 1. The lowest BCUT2D eigenvalue weighted by Gasteiger charge is -2.33. The van der Waals surface area contributed by atoms with Crippen LogP contribution in [0, 0.1) is 5.92 Å². The summed E-state index contributed by atoms with van der Waals surface area (Å²) in [5.74, 6) is 0.742. The van der Waals surface area contributed by atoms with Gasteiger partial charge in [0.15, 0.2) is 0 Å². The first kappa shape index (κ1) is 41.1. The number of unbranched alkanes of at least 4 members (excludes halogenated alkanes) is 10. The minimum Gasteiger partial charge on any atom is -0.391 e. The number of likely N-dealkylation sites (N-methyl/N-ethyl adjacent to an activating group) is 1. The topological polar surface area (TPSA) is 32.3 Å². The fourth-order valence-corrected chi connectivity index (χ4v) is 6.19. The predicted molar refractivity (Wildman–Crippen MR) is 190 cm³/mol. The van der Waals surface area contributed by atoms with E-state index in [1.165, 1.54) is 148 Å². The van der Waals surface area contributed by atoms with Crippen LogP contribution in [0.5, 0.6) is 0 Å². The Labute approximate surface area is 265 Å². The molecule has 0 aromatic heterocycles. The molecule has 0 bridgehead atoms. The number of aliphatic hydroxyl groups excluding tert-OH is 1. The Balaban J connectivity index is 5.11. The first-order valence-electron chi connectivity index (χ1n) is 18.7. The summed E-state index contributed by atoms with van der Waals surface area (Å²) in [6.07, 6.45) is 39.5. The van der Waals surface area contributed by atoms with Crippen molar-refractivity contribution in [2.24, 2.45) is 5.92 Å². The van der Waals surface area contributed by atoms with Crippen LogP contribution in [0.25, 0.3) is 0 Å². The first-order valence-corrected chi connectivity index (χ1v) is 18.7. The van der Waals surface area contributed by atoms with E-state index in [4.69, 9.17) is 0 Å². The monoisotopic (exact) mass is 590 g/mol. The van der Waals surface area contributed by atoms with Crippen molar-refractivity contribution in [1.82, 2.24) is 5.32 Å². The SMILES string of the molecule is CCCC/C=C/C/C=C(/CCCCCCNCCC)C(CC/C=C/CCCC)CCCCCC[N+](C)(CCC)CCO. The smallest absolute Gasteiger partial charge is 0.102 e. The molecule has 248 valence electrons. The summed E-state index contributed by atoms with van der Waals surface area (Å²) in [5, 5.41) is 13.1. The molecule has 0 amide bonds. The fourth-order valence-electron chi connectivity index (χ4n) is 6.19. The molecule has 42 heavy (non-hydrogen) atoms. The highest BCUT2D eigenvalue weighted by molar-refractivity contribution is 5.10. The first-order chi connectivity index (χ1) is 20.6. The Morgan fingerprint density at radius 2 is 1.29 bits per heavy atom. The fraction of sp³-hybridized carbons (Fsp3) is 0.846. The second-order valence-corrected chi connectivity index (χ2v) is 13.1. The van der Waals surface area contributed by atoms with Gasteiger partial charge in [-0.25, -0.2) is 0 Å². The highest BCUT2D eigenvalue weighted by atomic mass is 16.3. The molecular formula is C39H77N2O+. The lowest BCUT2D eigenvalue weighted by atomic mass is 9.85. The minimum atomic E-state index is 0.309. The van der Waals surface area contributed by atoms with Crippen LogP contribution in [0.3, 0.4) is 0 Å². The van der Waals surface area contributed by atoms with E-state index in [-0.39, 0.29) is 0 Å². The third-order valence-corrected chi connectivity index (χ3v) is 8.90. The van der Waals surface area contributed by atoms with E-state index in [1.54, 1.807) is 5.57 Å². The van der Waals surface area contributed by atoms with Crippen LogP contribution in [0.15, 0.2) is 36.0 Å². The van der Waals surface area contributed by atoms with Crippen molar-refractivity contribution in [3.05, 3.63) is 36.0 Å². The van der Waals surface area contributed by atoms with E-state index in [1.807, 2.05) is 0 Å². The maximum absolute atomic E-state index is 9.53. The van der Waals surface area contributed by atoms with Crippen molar-refractivity contribution < 1.29 is 9.59 Å². The van der Waals surface area contributed by atoms with Gasteiger partial charge >= 0.3 is 0 Å². The van der Waals surface area contributed by atoms with E-state index in [0.717, 1.165) is 29.9 Å². The van der Waals surface area contributed by atoms with Gasteiger partial charge in [-0.2, -0.15) is 0 Å². The molecule has 0 saturated heterocycles. The van der Waals surface area contributed by atoms with Crippen molar-refractivity contribution in [2.75, 3.05) is 46.4 Å². The molecule has 0 heterocycles. The van der Waals surface area contributed by atoms with Gasteiger partial charge in [0.05, 0.1) is 26.7 Å². The molecule has 0 aromatic rings. The standard InChI is InChI=1S/C39H77N2O/c1-6-10-12-14-16-22-28-38(30-24-18-20-26-33-40-32-8-3)39(29-23-17-15-13-11-7-2)31-25-19-21-27-35-41(5,34-9-4)36-37-42/h14-17,28,39-40,42H,6-13,18-27,29-37H2,1-5H3/q+1/b16-14+,17-15+,38-28-. The summed E-state index contributed by atoms with van der Waals surface area (Å²) in [6.45, 7) is 15.0. The zero-order valence-corrected chi connectivity index (χ0v) is 29.5. The van der Waals surface area contributed by atoms with Crippen molar-refractivity contribution in [2.45, 2.75) is 163 Å². The average Bonchev–Trinajstić information content (AvgIpc) is 2.98. The van der Waals surface area contributed by atoms with Crippen molar-refractivity contribution in [1.29, 1.82) is 0 Å². The van der Waals surface area contributed by atoms with Gasteiger partial charge < -0.3 is 14.9 Å². The molecule has 0 aliphatic carbocycles. The molecule has 0 radical (unpaired) electrons. The van der Waals surface area contributed by atoms with Crippen LogP contribution in [-0.2, 0) is 0 Å². The van der Waals surface area contributed by atoms with Crippen LogP contribution in [-0.4, -0.2) is 56.0 Å². The number of aliphatic hydroxyl groups is 1. The zero-order chi connectivity index (χ0) is 31.0. The number of hydrogen-bond acceptors (Lipinski definition) is 2. The van der Waals surface area contributed by atoms with Gasteiger partial charge in [-0.05, 0) is 102 Å². The summed E-state index contributed by atoms with van der Waals surface area (Å²) in [5.41, 5.74) is 1.76. The van der Waals surface area contributed by atoms with Crippen LogP contribution in [0.1, 0.15) is 163 Å². The molecule has 0 aromatic carbocycles. The van der Waals surface area contributed by atoms with Crippen LogP contribution in [0.2, 0.25) is 0 Å². The average molecular weight is 590 g/mol. The molecule has 3 nitrogen and oxygen atoms in total. The zero-order valence-electron chi connectivity index (χ0n) is 29.5. The Kier molecular flexibility index (Phi) is 30.8. The molecule has 0 spiro atoms. The van der Waals surface area contributed by atoms with Crippen LogP contribution >= 0.6 is 0 Å². The molecule has 3 heteroatoms. The lowest BCUT2D eigenvalue weighted by Crippen LogP contribution is -2.47. The maximum Gasteiger partial charge on any atom is 0.102 e. The van der Waals surface area contributed by atoms with Crippen molar-refractivity contribution >= 4 is 0 Å². The normalized spacial score (nSPS) is 14.8. The number of nitrogens with one attached hydrogen (secondary N) is 1. The van der Waals surface area contributed by atoms with Gasteiger partial charge in [-0.15, -0.1) is 0 Å². The van der Waals surface area contributed by atoms with Gasteiger partial charge in [0.1, 0.15) is 6.54 Å². The highest BCUT2D eigenvalue weighted by Crippen LogP contribution is 2.29. The third-order valence-electron chi connectivity index (χ3n) is 8.90. The lowest BCUT2D eigenvalue weighted by molar-refractivity contribution is -0.910. The maximum atomic E-state index is 9.53. The minimum absolute atomic E-state index is 0.309. The van der Waals surface area contributed by atoms with E-state index in [0.29, 0.717) is 6.61 Å². The summed E-state index contributed by atoms with van der Waals surface area (Å²) in [4.78, 5) is 0. The summed E-state index contributed by atoms with van der Waals surface area (Å²) < 4.78 is 1.04.